The minimum atomic E-state index is -3.39. The van der Waals surface area contributed by atoms with Gasteiger partial charge in [0.05, 0.1) is 6.26 Å². The first kappa shape index (κ1) is 21.3. The maximum atomic E-state index is 12.4. The first-order valence-electron chi connectivity index (χ1n) is 9.81. The van der Waals surface area contributed by atoms with Gasteiger partial charge in [0.2, 0.25) is 10.0 Å². The first-order chi connectivity index (χ1) is 15.3. The monoisotopic (exact) mass is 447 g/mol. The number of nitrogens with one attached hydrogen (secondary N) is 2. The molecule has 1 heterocycles. The van der Waals surface area contributed by atoms with Crippen LogP contribution in [0.3, 0.4) is 0 Å². The fourth-order valence-corrected chi connectivity index (χ4v) is 3.94. The number of aromatic nitrogens is 2. The van der Waals surface area contributed by atoms with Crippen molar-refractivity contribution in [3.63, 3.8) is 0 Å². The average Bonchev–Trinajstić information content (AvgIpc) is 2.76. The molecule has 0 fully saturated rings. The van der Waals surface area contributed by atoms with Crippen LogP contribution >= 0.6 is 0 Å². The zero-order valence-electron chi connectivity index (χ0n) is 17.5. The van der Waals surface area contributed by atoms with Crippen molar-refractivity contribution >= 4 is 15.7 Å². The zero-order chi connectivity index (χ0) is 22.7. The van der Waals surface area contributed by atoms with Crippen molar-refractivity contribution in [2.45, 2.75) is 6.92 Å². The molecule has 8 heteroatoms. The number of hydrogen-bond acceptors (Lipinski definition) is 5. The van der Waals surface area contributed by atoms with Gasteiger partial charge >= 0.3 is 0 Å². The van der Waals surface area contributed by atoms with Crippen molar-refractivity contribution in [1.82, 2.24) is 10.2 Å². The topological polar surface area (TPSA) is 101 Å². The number of H-pyrrole nitrogens is 1. The number of rotatable bonds is 6. The van der Waals surface area contributed by atoms with Crippen LogP contribution in [-0.4, -0.2) is 24.9 Å². The maximum absolute atomic E-state index is 12.4. The second-order valence-corrected chi connectivity index (χ2v) is 9.01. The number of nitrogens with zero attached hydrogens (tertiary/aromatic N) is 1. The number of para-hydroxylation sites is 2. The molecule has 0 atom stereocenters. The van der Waals surface area contributed by atoms with Gasteiger partial charge in [-0.1, -0.05) is 42.5 Å². The molecule has 3 aromatic carbocycles. The highest BCUT2D eigenvalue weighted by Gasteiger charge is 2.18. The third-order valence-electron chi connectivity index (χ3n) is 4.81. The Morgan fingerprint density at radius 3 is 2.25 bits per heavy atom. The first-order valence-corrected chi connectivity index (χ1v) is 11.7. The second kappa shape index (κ2) is 8.68. The second-order valence-electron chi connectivity index (χ2n) is 7.26. The van der Waals surface area contributed by atoms with E-state index in [0.29, 0.717) is 39.6 Å². The van der Waals surface area contributed by atoms with Crippen LogP contribution in [0.25, 0.3) is 22.4 Å². The normalized spacial score (nSPS) is 11.2. The van der Waals surface area contributed by atoms with Gasteiger partial charge in [-0.05, 0) is 48.9 Å². The number of ether oxygens (including phenoxy) is 1. The van der Waals surface area contributed by atoms with Gasteiger partial charge in [0.25, 0.3) is 5.56 Å². The molecule has 0 aliphatic heterocycles. The number of aromatic amines is 1. The van der Waals surface area contributed by atoms with Crippen LogP contribution in [-0.2, 0) is 10.0 Å². The van der Waals surface area contributed by atoms with E-state index in [2.05, 4.69) is 14.9 Å². The Morgan fingerprint density at radius 1 is 0.906 bits per heavy atom. The van der Waals surface area contributed by atoms with Gasteiger partial charge in [-0.3, -0.25) is 9.52 Å². The molecule has 0 amide bonds. The van der Waals surface area contributed by atoms with Gasteiger partial charge in [-0.2, -0.15) is 5.10 Å². The summed E-state index contributed by atoms with van der Waals surface area (Å²) in [5.41, 5.74) is 3.26. The van der Waals surface area contributed by atoms with E-state index in [1.165, 1.54) is 0 Å². The molecular formula is C24H21N3O4S. The molecule has 0 aliphatic rings. The van der Waals surface area contributed by atoms with Gasteiger partial charge in [0.15, 0.2) is 0 Å². The summed E-state index contributed by atoms with van der Waals surface area (Å²) in [4.78, 5) is 12.4. The summed E-state index contributed by atoms with van der Waals surface area (Å²) in [6.45, 7) is 1.72. The molecule has 0 saturated carbocycles. The Morgan fingerprint density at radius 2 is 1.56 bits per heavy atom. The average molecular weight is 448 g/mol. The minimum Gasteiger partial charge on any atom is -0.457 e. The zero-order valence-corrected chi connectivity index (χ0v) is 18.3. The van der Waals surface area contributed by atoms with E-state index >= 15 is 0 Å². The minimum absolute atomic E-state index is 0.302. The van der Waals surface area contributed by atoms with Gasteiger partial charge in [-0.25, -0.2) is 13.5 Å². The van der Waals surface area contributed by atoms with E-state index in [4.69, 9.17) is 4.74 Å². The standard InChI is InChI=1S/C24H21N3O4S/c1-16-22(17-12-14-18(15-13-17)27-32(2,29)30)23(25-26-24(16)28)20-10-6-7-11-21(20)31-19-8-4-3-5-9-19/h3-15,27H,1-2H3,(H,26,28). The van der Waals surface area contributed by atoms with E-state index in [-0.39, 0.29) is 5.56 Å². The fourth-order valence-electron chi connectivity index (χ4n) is 3.37. The van der Waals surface area contributed by atoms with Crippen LogP contribution in [0.4, 0.5) is 5.69 Å². The molecule has 32 heavy (non-hydrogen) atoms. The third-order valence-corrected chi connectivity index (χ3v) is 5.42. The van der Waals surface area contributed by atoms with Gasteiger partial charge in [0.1, 0.15) is 17.2 Å². The molecule has 1 aromatic heterocycles. The Balaban J connectivity index is 1.83. The molecule has 7 nitrogen and oxygen atoms in total. The molecule has 4 rings (SSSR count). The molecule has 2 N–H and O–H groups in total. The lowest BCUT2D eigenvalue weighted by Crippen LogP contribution is -2.14. The Hall–Kier alpha value is -3.91. The van der Waals surface area contributed by atoms with Crippen LogP contribution in [0.1, 0.15) is 5.56 Å². The maximum Gasteiger partial charge on any atom is 0.267 e. The van der Waals surface area contributed by atoms with Crippen molar-refractivity contribution in [1.29, 1.82) is 0 Å². The van der Waals surface area contributed by atoms with E-state index in [1.807, 2.05) is 54.6 Å². The lowest BCUT2D eigenvalue weighted by Gasteiger charge is -2.15. The molecule has 4 aromatic rings. The quantitative estimate of drug-likeness (QED) is 0.451. The van der Waals surface area contributed by atoms with Crippen molar-refractivity contribution in [3.8, 4) is 33.9 Å². The largest absolute Gasteiger partial charge is 0.457 e. The highest BCUT2D eigenvalue weighted by atomic mass is 32.2. The van der Waals surface area contributed by atoms with Crippen LogP contribution in [0.5, 0.6) is 11.5 Å². The van der Waals surface area contributed by atoms with Crippen molar-refractivity contribution in [2.24, 2.45) is 0 Å². The fraction of sp³-hybridized carbons (Fsp3) is 0.0833. The van der Waals surface area contributed by atoms with E-state index in [0.717, 1.165) is 11.8 Å². The lowest BCUT2D eigenvalue weighted by molar-refractivity contribution is 0.484. The predicted octanol–water partition coefficient (Wildman–Crippen LogP) is 4.58. The Bertz CT molecular complexity index is 1410. The van der Waals surface area contributed by atoms with Crippen molar-refractivity contribution in [3.05, 3.63) is 94.8 Å². The SMILES string of the molecule is Cc1c(-c2ccc(NS(C)(=O)=O)cc2)c(-c2ccccc2Oc2ccccc2)n[nH]c1=O. The van der Waals surface area contributed by atoms with Crippen molar-refractivity contribution < 1.29 is 13.2 Å². The summed E-state index contributed by atoms with van der Waals surface area (Å²) in [6, 6.07) is 23.6. The number of benzene rings is 3. The predicted molar refractivity (Wildman–Crippen MR) is 125 cm³/mol. The highest BCUT2D eigenvalue weighted by Crippen LogP contribution is 2.38. The molecule has 0 unspecified atom stereocenters. The molecule has 0 bridgehead atoms. The lowest BCUT2D eigenvalue weighted by atomic mass is 9.95. The van der Waals surface area contributed by atoms with Crippen LogP contribution in [0.2, 0.25) is 0 Å². The Labute approximate surface area is 185 Å². The molecule has 0 spiro atoms. The summed E-state index contributed by atoms with van der Waals surface area (Å²) in [6.07, 6.45) is 1.09. The van der Waals surface area contributed by atoms with Gasteiger partial charge < -0.3 is 4.74 Å². The molecule has 0 aliphatic carbocycles. The number of sulfonamides is 1. The Kier molecular flexibility index (Phi) is 5.79. The molecule has 0 radical (unpaired) electrons. The van der Waals surface area contributed by atoms with E-state index < -0.39 is 10.0 Å². The summed E-state index contributed by atoms with van der Waals surface area (Å²) < 4.78 is 31.5. The molecule has 0 saturated heterocycles. The van der Waals surface area contributed by atoms with Gasteiger partial charge in [0, 0.05) is 22.4 Å². The van der Waals surface area contributed by atoms with E-state index in [1.54, 1.807) is 31.2 Å². The summed E-state index contributed by atoms with van der Waals surface area (Å²) >= 11 is 0. The molecular weight excluding hydrogens is 426 g/mol. The smallest absolute Gasteiger partial charge is 0.267 e. The van der Waals surface area contributed by atoms with E-state index in [9.17, 15) is 13.2 Å². The summed E-state index contributed by atoms with van der Waals surface area (Å²) in [7, 11) is -3.39. The highest BCUT2D eigenvalue weighted by molar-refractivity contribution is 7.92. The summed E-state index contributed by atoms with van der Waals surface area (Å²) in [5, 5.41) is 6.90. The van der Waals surface area contributed by atoms with Crippen LogP contribution in [0, 0.1) is 6.92 Å². The van der Waals surface area contributed by atoms with Crippen LogP contribution in [0.15, 0.2) is 83.7 Å². The number of hydrogen-bond donors (Lipinski definition) is 2. The van der Waals surface area contributed by atoms with Crippen LogP contribution < -0.4 is 15.0 Å². The van der Waals surface area contributed by atoms with Gasteiger partial charge in [-0.15, -0.1) is 0 Å². The van der Waals surface area contributed by atoms with Crippen molar-refractivity contribution in [2.75, 3.05) is 11.0 Å². The summed E-state index contributed by atoms with van der Waals surface area (Å²) in [5.74, 6) is 1.27. The third kappa shape index (κ3) is 4.70. The number of anilines is 1. The molecule has 162 valence electrons.